The third-order valence-corrected chi connectivity index (χ3v) is 4.92. The lowest BCUT2D eigenvalue weighted by atomic mass is 10.0. The highest BCUT2D eigenvalue weighted by molar-refractivity contribution is 6.07. The van der Waals surface area contributed by atoms with E-state index in [1.165, 1.54) is 6.42 Å². The lowest BCUT2D eigenvalue weighted by Crippen LogP contribution is -2.35. The molecule has 0 bridgehead atoms. The maximum absolute atomic E-state index is 12.9. The van der Waals surface area contributed by atoms with Gasteiger partial charge in [-0.1, -0.05) is 25.1 Å². The Morgan fingerprint density at radius 2 is 2.07 bits per heavy atom. The Balaban J connectivity index is 1.62. The molecule has 1 aliphatic heterocycles. The number of carbonyl (C=O) groups excluding carboxylic acids is 1. The molecule has 0 spiro atoms. The maximum atomic E-state index is 12.9. The van der Waals surface area contributed by atoms with Crippen LogP contribution in [0.25, 0.3) is 10.9 Å². The number of hydrogen-bond acceptors (Lipinski definition) is 5. The van der Waals surface area contributed by atoms with Crippen molar-refractivity contribution >= 4 is 28.3 Å². The molecule has 1 aromatic carbocycles. The zero-order valence-corrected chi connectivity index (χ0v) is 15.6. The maximum Gasteiger partial charge on any atom is 0.274 e. The molecule has 6 nitrogen and oxygen atoms in total. The van der Waals surface area contributed by atoms with Crippen molar-refractivity contribution in [3.63, 3.8) is 0 Å². The van der Waals surface area contributed by atoms with E-state index in [0.717, 1.165) is 36.2 Å². The second kappa shape index (κ2) is 7.31. The van der Waals surface area contributed by atoms with Gasteiger partial charge in [-0.3, -0.25) is 9.78 Å². The number of aromatic nitrogens is 3. The summed E-state index contributed by atoms with van der Waals surface area (Å²) < 4.78 is 0. The number of rotatable bonds is 3. The highest BCUT2D eigenvalue weighted by Gasteiger charge is 2.20. The largest absolute Gasteiger partial charge is 0.356 e. The number of fused-ring (bicyclic) bond motifs is 1. The van der Waals surface area contributed by atoms with Crippen LogP contribution < -0.4 is 10.2 Å². The first-order valence-electron chi connectivity index (χ1n) is 9.36. The number of piperidine rings is 1. The molecule has 27 heavy (non-hydrogen) atoms. The number of aryl methyl sites for hydroxylation is 1. The van der Waals surface area contributed by atoms with Gasteiger partial charge in [-0.15, -0.1) is 0 Å². The Morgan fingerprint density at radius 1 is 1.22 bits per heavy atom. The Morgan fingerprint density at radius 3 is 2.93 bits per heavy atom. The van der Waals surface area contributed by atoms with Gasteiger partial charge in [-0.05, 0) is 37.8 Å². The van der Waals surface area contributed by atoms with Crippen LogP contribution in [0.15, 0.2) is 42.6 Å². The van der Waals surface area contributed by atoms with Crippen LogP contribution in [0.3, 0.4) is 0 Å². The first-order chi connectivity index (χ1) is 13.1. The average molecular weight is 361 g/mol. The molecule has 1 atom stereocenters. The fraction of sp³-hybridized carbons (Fsp3) is 0.333. The van der Waals surface area contributed by atoms with E-state index in [1.54, 1.807) is 12.3 Å². The first kappa shape index (κ1) is 17.4. The summed E-state index contributed by atoms with van der Waals surface area (Å²) in [7, 11) is 0. The number of pyridine rings is 1. The molecule has 1 amide bonds. The number of amides is 1. The molecule has 138 valence electrons. The van der Waals surface area contributed by atoms with Gasteiger partial charge < -0.3 is 10.2 Å². The highest BCUT2D eigenvalue weighted by atomic mass is 16.1. The number of hydrogen-bond donors (Lipinski definition) is 1. The van der Waals surface area contributed by atoms with E-state index in [2.05, 4.69) is 32.1 Å². The molecule has 1 N–H and O–H groups in total. The minimum Gasteiger partial charge on any atom is -0.356 e. The van der Waals surface area contributed by atoms with Gasteiger partial charge in [0.25, 0.3) is 5.91 Å². The van der Waals surface area contributed by atoms with Crippen molar-refractivity contribution in [2.45, 2.75) is 26.7 Å². The van der Waals surface area contributed by atoms with E-state index in [9.17, 15) is 4.79 Å². The second-order valence-electron chi connectivity index (χ2n) is 7.19. The molecule has 1 unspecified atom stereocenters. The van der Waals surface area contributed by atoms with Gasteiger partial charge in [-0.25, -0.2) is 9.97 Å². The number of nitrogens with one attached hydrogen (secondary N) is 1. The number of anilines is 2. The van der Waals surface area contributed by atoms with Crippen LogP contribution in [0, 0.1) is 12.8 Å². The highest BCUT2D eigenvalue weighted by Crippen LogP contribution is 2.24. The van der Waals surface area contributed by atoms with E-state index in [0.29, 0.717) is 23.1 Å². The van der Waals surface area contributed by atoms with Crippen LogP contribution in [0.1, 0.15) is 36.1 Å². The SMILES string of the molecule is Cc1nc(C(=O)Nc2cccc3cccnc23)cc(N2CCCC(C)C2)n1. The third kappa shape index (κ3) is 3.74. The summed E-state index contributed by atoms with van der Waals surface area (Å²) in [5, 5.41) is 3.94. The van der Waals surface area contributed by atoms with Crippen molar-refractivity contribution < 1.29 is 4.79 Å². The summed E-state index contributed by atoms with van der Waals surface area (Å²) in [6, 6.07) is 11.4. The van der Waals surface area contributed by atoms with Gasteiger partial charge in [0.15, 0.2) is 0 Å². The van der Waals surface area contributed by atoms with E-state index in [4.69, 9.17) is 0 Å². The van der Waals surface area contributed by atoms with Gasteiger partial charge >= 0.3 is 0 Å². The first-order valence-corrected chi connectivity index (χ1v) is 9.36. The predicted octanol–water partition coefficient (Wildman–Crippen LogP) is 3.82. The molecular formula is C21H23N5O. The fourth-order valence-electron chi connectivity index (χ4n) is 3.62. The minimum atomic E-state index is -0.245. The molecule has 3 heterocycles. The van der Waals surface area contributed by atoms with Gasteiger partial charge in [0, 0.05) is 30.7 Å². The van der Waals surface area contributed by atoms with Crippen molar-refractivity contribution in [3.8, 4) is 0 Å². The van der Waals surface area contributed by atoms with Crippen molar-refractivity contribution in [2.75, 3.05) is 23.3 Å². The molecule has 3 aromatic rings. The van der Waals surface area contributed by atoms with Crippen molar-refractivity contribution in [2.24, 2.45) is 5.92 Å². The van der Waals surface area contributed by atoms with Crippen LogP contribution in [0.4, 0.5) is 11.5 Å². The molecule has 1 saturated heterocycles. The lowest BCUT2D eigenvalue weighted by molar-refractivity contribution is 0.102. The minimum absolute atomic E-state index is 0.245. The fourth-order valence-corrected chi connectivity index (χ4v) is 3.62. The number of benzene rings is 1. The van der Waals surface area contributed by atoms with Gasteiger partial charge in [0.1, 0.15) is 17.3 Å². The molecule has 0 aliphatic carbocycles. The van der Waals surface area contributed by atoms with Gasteiger partial charge in [-0.2, -0.15) is 0 Å². The molecule has 1 aliphatic rings. The standard InChI is InChI=1S/C21H23N5O/c1-14-6-5-11-26(13-14)19-12-18(23-15(2)24-19)21(27)25-17-9-3-7-16-8-4-10-22-20(16)17/h3-4,7-10,12,14H,5-6,11,13H2,1-2H3,(H,25,27). The Hall–Kier alpha value is -3.02. The summed E-state index contributed by atoms with van der Waals surface area (Å²) in [5.74, 6) is 1.82. The molecule has 2 aromatic heterocycles. The predicted molar refractivity (Wildman–Crippen MR) is 107 cm³/mol. The number of carbonyl (C=O) groups is 1. The zero-order valence-electron chi connectivity index (χ0n) is 15.6. The molecule has 6 heteroatoms. The van der Waals surface area contributed by atoms with Gasteiger partial charge in [0.05, 0.1) is 11.2 Å². The lowest BCUT2D eigenvalue weighted by Gasteiger charge is -2.32. The quantitative estimate of drug-likeness (QED) is 0.768. The van der Waals surface area contributed by atoms with Crippen molar-refractivity contribution in [1.29, 1.82) is 0 Å². The topological polar surface area (TPSA) is 71.0 Å². The Kier molecular flexibility index (Phi) is 4.71. The smallest absolute Gasteiger partial charge is 0.274 e. The van der Waals surface area contributed by atoms with Crippen LogP contribution in [0.5, 0.6) is 0 Å². The Labute approximate surface area is 158 Å². The van der Waals surface area contributed by atoms with E-state index in [-0.39, 0.29) is 5.91 Å². The number of nitrogens with zero attached hydrogens (tertiary/aromatic N) is 4. The van der Waals surface area contributed by atoms with E-state index >= 15 is 0 Å². The molecule has 4 rings (SSSR count). The van der Waals surface area contributed by atoms with Crippen LogP contribution in [0.2, 0.25) is 0 Å². The normalized spacial score (nSPS) is 17.1. The summed E-state index contributed by atoms with van der Waals surface area (Å²) in [4.78, 5) is 28.4. The van der Waals surface area contributed by atoms with Crippen molar-refractivity contribution in [3.05, 3.63) is 54.1 Å². The summed E-state index contributed by atoms with van der Waals surface area (Å²) in [6.45, 7) is 6.01. The zero-order chi connectivity index (χ0) is 18.8. The van der Waals surface area contributed by atoms with E-state index < -0.39 is 0 Å². The van der Waals surface area contributed by atoms with Crippen LogP contribution >= 0.6 is 0 Å². The molecule has 0 saturated carbocycles. The Bertz CT molecular complexity index is 982. The van der Waals surface area contributed by atoms with Crippen molar-refractivity contribution in [1.82, 2.24) is 15.0 Å². The molecular weight excluding hydrogens is 338 g/mol. The van der Waals surface area contributed by atoms with Crippen LogP contribution in [-0.2, 0) is 0 Å². The van der Waals surface area contributed by atoms with Gasteiger partial charge in [0.2, 0.25) is 0 Å². The van der Waals surface area contributed by atoms with E-state index in [1.807, 2.05) is 37.3 Å². The molecule has 1 fully saturated rings. The summed E-state index contributed by atoms with van der Waals surface area (Å²) in [6.07, 6.45) is 4.11. The number of para-hydroxylation sites is 1. The average Bonchev–Trinajstić information content (AvgIpc) is 2.68. The monoisotopic (exact) mass is 361 g/mol. The second-order valence-corrected chi connectivity index (χ2v) is 7.19. The molecule has 0 radical (unpaired) electrons. The third-order valence-electron chi connectivity index (χ3n) is 4.92. The van der Waals surface area contributed by atoms with Crippen LogP contribution in [-0.4, -0.2) is 33.9 Å². The summed E-state index contributed by atoms with van der Waals surface area (Å²) in [5.41, 5.74) is 1.83. The summed E-state index contributed by atoms with van der Waals surface area (Å²) >= 11 is 0.